The molecule has 0 radical (unpaired) electrons. The molecule has 0 spiro atoms. The fourth-order valence-corrected chi connectivity index (χ4v) is 4.31. The molecule has 0 aromatic heterocycles. The van der Waals surface area contributed by atoms with E-state index in [0.717, 1.165) is 11.5 Å². The molecular weight excluding hydrogens is 437 g/mol. The van der Waals surface area contributed by atoms with Gasteiger partial charge in [0, 0.05) is 16.5 Å². The van der Waals surface area contributed by atoms with Crippen molar-refractivity contribution >= 4 is 27.5 Å². The average Bonchev–Trinajstić information content (AvgIpc) is 3.15. The van der Waals surface area contributed by atoms with Crippen molar-refractivity contribution in [3.05, 3.63) is 65.2 Å². The average molecular weight is 454 g/mol. The fourth-order valence-electron chi connectivity index (χ4n) is 4.31. The van der Waals surface area contributed by atoms with E-state index in [4.69, 9.17) is 14.2 Å². The zero-order chi connectivity index (χ0) is 23.5. The van der Waals surface area contributed by atoms with Gasteiger partial charge in [-0.3, -0.25) is 0 Å². The first-order valence-electron chi connectivity index (χ1n) is 9.94. The molecule has 4 aromatic rings. The minimum absolute atomic E-state index is 0.110. The zero-order valence-electron chi connectivity index (χ0n) is 17.5. The number of esters is 1. The van der Waals surface area contributed by atoms with Gasteiger partial charge in [-0.2, -0.15) is 13.2 Å². The van der Waals surface area contributed by atoms with Crippen molar-refractivity contribution in [2.45, 2.75) is 12.8 Å². The van der Waals surface area contributed by atoms with E-state index >= 15 is 0 Å². The van der Waals surface area contributed by atoms with Crippen LogP contribution in [0.25, 0.3) is 32.7 Å². The van der Waals surface area contributed by atoms with Gasteiger partial charge in [0.25, 0.3) is 0 Å². The molecule has 5 rings (SSSR count). The number of cyclic esters (lactones) is 1. The van der Waals surface area contributed by atoms with Crippen LogP contribution in [-0.4, -0.2) is 25.3 Å². The van der Waals surface area contributed by atoms with Crippen LogP contribution < -0.4 is 9.47 Å². The van der Waals surface area contributed by atoms with Crippen molar-refractivity contribution in [3.8, 4) is 28.4 Å². The van der Waals surface area contributed by atoms with Crippen molar-refractivity contribution in [1.29, 1.82) is 0 Å². The topological polar surface area (TPSA) is 65.0 Å². The number of phenols is 1. The predicted octanol–water partition coefficient (Wildman–Crippen LogP) is 6.07. The van der Waals surface area contributed by atoms with E-state index < -0.39 is 23.5 Å². The molecule has 1 N–H and O–H groups in total. The Morgan fingerprint density at radius 3 is 2.30 bits per heavy atom. The number of carbonyl (C=O) groups is 1. The third-order valence-electron chi connectivity index (χ3n) is 5.84. The van der Waals surface area contributed by atoms with Gasteiger partial charge in [0.1, 0.15) is 12.4 Å². The molecule has 0 saturated carbocycles. The first-order valence-corrected chi connectivity index (χ1v) is 9.94. The third-order valence-corrected chi connectivity index (χ3v) is 5.84. The summed E-state index contributed by atoms with van der Waals surface area (Å²) < 4.78 is 55.5. The number of halogens is 3. The number of aromatic hydroxyl groups is 1. The molecule has 0 aliphatic carbocycles. The number of alkyl halides is 3. The van der Waals surface area contributed by atoms with Gasteiger partial charge in [-0.15, -0.1) is 0 Å². The lowest BCUT2D eigenvalue weighted by Crippen LogP contribution is -2.04. The van der Waals surface area contributed by atoms with E-state index in [1.54, 1.807) is 24.3 Å². The summed E-state index contributed by atoms with van der Waals surface area (Å²) in [7, 11) is 3.02. The summed E-state index contributed by atoms with van der Waals surface area (Å²) in [5, 5.41) is 12.3. The van der Waals surface area contributed by atoms with E-state index in [1.807, 2.05) is 6.07 Å². The van der Waals surface area contributed by atoms with Crippen molar-refractivity contribution < 1.29 is 37.3 Å². The normalized spacial score (nSPS) is 13.3. The number of rotatable bonds is 3. The van der Waals surface area contributed by atoms with E-state index in [1.165, 1.54) is 20.3 Å². The van der Waals surface area contributed by atoms with Crippen molar-refractivity contribution in [3.63, 3.8) is 0 Å². The molecule has 0 fully saturated rings. The maximum atomic E-state index is 13.2. The largest absolute Gasteiger partial charge is 0.507 e. The van der Waals surface area contributed by atoms with E-state index in [0.29, 0.717) is 45.2 Å². The number of ether oxygens (including phenoxy) is 3. The smallest absolute Gasteiger partial charge is 0.416 e. The number of methoxy groups -OCH3 is 2. The SMILES string of the molecule is COc1cc2cc3c(c(-c4ccc5cc(C(F)(F)F)cc(O)c5c4)c2cc1OC)C(=O)OC3. The summed E-state index contributed by atoms with van der Waals surface area (Å²) in [5.74, 6) is -0.0261. The molecule has 1 heterocycles. The van der Waals surface area contributed by atoms with Crippen LogP contribution >= 0.6 is 0 Å². The summed E-state index contributed by atoms with van der Waals surface area (Å²) in [5.41, 5.74) is 1.22. The van der Waals surface area contributed by atoms with Crippen LogP contribution in [0.2, 0.25) is 0 Å². The lowest BCUT2D eigenvalue weighted by Gasteiger charge is -2.16. The molecule has 5 nitrogen and oxygen atoms in total. The third kappa shape index (κ3) is 3.29. The quantitative estimate of drug-likeness (QED) is 0.381. The summed E-state index contributed by atoms with van der Waals surface area (Å²) in [4.78, 5) is 12.6. The van der Waals surface area contributed by atoms with Gasteiger partial charge in [0.05, 0.1) is 25.3 Å². The van der Waals surface area contributed by atoms with E-state index in [2.05, 4.69) is 0 Å². The predicted molar refractivity (Wildman–Crippen MR) is 116 cm³/mol. The lowest BCUT2D eigenvalue weighted by atomic mass is 9.89. The van der Waals surface area contributed by atoms with Gasteiger partial charge in [-0.25, -0.2) is 4.79 Å². The Balaban J connectivity index is 1.83. The van der Waals surface area contributed by atoms with Gasteiger partial charge in [-0.1, -0.05) is 12.1 Å². The van der Waals surface area contributed by atoms with Crippen molar-refractivity contribution in [2.75, 3.05) is 14.2 Å². The standard InChI is InChI=1S/C25H17F3O5/c1-31-20-8-14-5-15-11-33-24(30)23(15)22(18(14)10-21(20)32-2)13-4-3-12-6-16(25(26,27)28)9-19(29)17(12)7-13/h3-10,29H,11H2,1-2H3. The van der Waals surface area contributed by atoms with Crippen molar-refractivity contribution in [2.24, 2.45) is 0 Å². The van der Waals surface area contributed by atoms with Crippen LogP contribution in [0.15, 0.2) is 48.5 Å². The molecule has 0 bridgehead atoms. The number of hydrogen-bond donors (Lipinski definition) is 1. The van der Waals surface area contributed by atoms with Crippen LogP contribution in [0, 0.1) is 0 Å². The number of carbonyl (C=O) groups excluding carboxylic acids is 1. The molecule has 0 unspecified atom stereocenters. The van der Waals surface area contributed by atoms with Crippen LogP contribution in [0.4, 0.5) is 13.2 Å². The zero-order valence-corrected chi connectivity index (χ0v) is 17.5. The Kier molecular flexibility index (Phi) is 4.63. The molecular formula is C25H17F3O5. The number of fused-ring (bicyclic) bond motifs is 3. The molecule has 168 valence electrons. The van der Waals surface area contributed by atoms with Crippen LogP contribution in [0.1, 0.15) is 21.5 Å². The highest BCUT2D eigenvalue weighted by atomic mass is 19.4. The lowest BCUT2D eigenvalue weighted by molar-refractivity contribution is -0.137. The summed E-state index contributed by atoms with van der Waals surface area (Å²) in [6.45, 7) is 0.110. The molecule has 1 aliphatic heterocycles. The van der Waals surface area contributed by atoms with Crippen molar-refractivity contribution in [1.82, 2.24) is 0 Å². The minimum Gasteiger partial charge on any atom is -0.507 e. The molecule has 8 heteroatoms. The summed E-state index contributed by atoms with van der Waals surface area (Å²) >= 11 is 0. The van der Waals surface area contributed by atoms with E-state index in [9.17, 15) is 23.1 Å². The Morgan fingerprint density at radius 2 is 1.61 bits per heavy atom. The molecule has 4 aromatic carbocycles. The van der Waals surface area contributed by atoms with Crippen LogP contribution in [0.3, 0.4) is 0 Å². The molecule has 0 saturated heterocycles. The molecule has 0 amide bonds. The Hall–Kier alpha value is -3.94. The Labute approximate surface area is 185 Å². The number of phenolic OH excluding ortho intramolecular Hbond substituents is 1. The van der Waals surface area contributed by atoms with Gasteiger partial charge in [-0.05, 0) is 58.1 Å². The van der Waals surface area contributed by atoms with Gasteiger partial charge < -0.3 is 19.3 Å². The maximum absolute atomic E-state index is 13.2. The number of hydrogen-bond acceptors (Lipinski definition) is 5. The van der Waals surface area contributed by atoms with Gasteiger partial charge in [0.2, 0.25) is 0 Å². The second kappa shape index (κ2) is 7.30. The highest BCUT2D eigenvalue weighted by Crippen LogP contribution is 2.44. The first kappa shape index (κ1) is 20.9. The Morgan fingerprint density at radius 1 is 0.879 bits per heavy atom. The van der Waals surface area contributed by atoms with Crippen LogP contribution in [-0.2, 0) is 17.5 Å². The minimum atomic E-state index is -4.58. The fraction of sp³-hybridized carbons (Fsp3) is 0.160. The monoisotopic (exact) mass is 454 g/mol. The Bertz CT molecular complexity index is 1460. The first-order chi connectivity index (χ1) is 15.7. The highest BCUT2D eigenvalue weighted by Gasteiger charge is 2.32. The summed E-state index contributed by atoms with van der Waals surface area (Å²) in [6.07, 6.45) is -4.58. The molecule has 33 heavy (non-hydrogen) atoms. The van der Waals surface area contributed by atoms with Crippen LogP contribution in [0.5, 0.6) is 17.2 Å². The van der Waals surface area contributed by atoms with Gasteiger partial charge in [0.15, 0.2) is 11.5 Å². The van der Waals surface area contributed by atoms with E-state index in [-0.39, 0.29) is 17.4 Å². The second-order valence-corrected chi connectivity index (χ2v) is 7.72. The summed E-state index contributed by atoms with van der Waals surface area (Å²) in [6, 6.07) is 11.7. The second-order valence-electron chi connectivity index (χ2n) is 7.72. The van der Waals surface area contributed by atoms with Gasteiger partial charge >= 0.3 is 12.1 Å². The molecule has 1 aliphatic rings. The maximum Gasteiger partial charge on any atom is 0.416 e. The number of benzene rings is 4. The highest BCUT2D eigenvalue weighted by molar-refractivity contribution is 6.12. The molecule has 0 atom stereocenters.